The minimum absolute atomic E-state index is 0.0784. The highest BCUT2D eigenvalue weighted by atomic mass is 16.7. The summed E-state index contributed by atoms with van der Waals surface area (Å²) in [6, 6.07) is 9.59. The Morgan fingerprint density at radius 3 is 2.69 bits per heavy atom. The van der Waals surface area contributed by atoms with E-state index >= 15 is 0 Å². The Morgan fingerprint density at radius 2 is 1.96 bits per heavy atom. The zero-order valence-corrected chi connectivity index (χ0v) is 14.8. The number of carbonyl (C=O) groups excluding carboxylic acids is 1. The van der Waals surface area contributed by atoms with Crippen molar-refractivity contribution in [2.45, 2.75) is 31.6 Å². The van der Waals surface area contributed by atoms with Gasteiger partial charge >= 0.3 is 0 Å². The summed E-state index contributed by atoms with van der Waals surface area (Å²) in [5.74, 6) is 0.330. The Kier molecular flexibility index (Phi) is 4.90. The number of hydrogen-bond donors (Lipinski definition) is 0. The lowest BCUT2D eigenvalue weighted by molar-refractivity contribution is -0.100. The molecule has 1 unspecified atom stereocenters. The molecule has 26 heavy (non-hydrogen) atoms. The van der Waals surface area contributed by atoms with Gasteiger partial charge in [0.05, 0.1) is 38.2 Å². The fraction of sp³-hybridized carbons (Fsp3) is 0.474. The van der Waals surface area contributed by atoms with Crippen LogP contribution in [0.1, 0.15) is 29.8 Å². The second-order valence-corrected chi connectivity index (χ2v) is 6.50. The molecular weight excluding hydrogens is 334 g/mol. The van der Waals surface area contributed by atoms with Crippen molar-refractivity contribution >= 4 is 5.91 Å². The second kappa shape index (κ2) is 7.47. The largest absolute Gasteiger partial charge is 0.493 e. The minimum Gasteiger partial charge on any atom is -0.493 e. The van der Waals surface area contributed by atoms with Gasteiger partial charge < -0.3 is 19.1 Å². The van der Waals surface area contributed by atoms with Crippen LogP contribution in [0.25, 0.3) is 5.69 Å². The van der Waals surface area contributed by atoms with Gasteiger partial charge in [-0.15, -0.1) is 0 Å². The Morgan fingerprint density at radius 1 is 1.19 bits per heavy atom. The Bertz CT molecular complexity index is 755. The quantitative estimate of drug-likeness (QED) is 0.840. The van der Waals surface area contributed by atoms with Crippen LogP contribution in [0.2, 0.25) is 0 Å². The number of likely N-dealkylation sites (tertiary alicyclic amines) is 1. The van der Waals surface area contributed by atoms with Gasteiger partial charge in [-0.1, -0.05) is 18.2 Å². The fourth-order valence-corrected chi connectivity index (χ4v) is 3.60. The van der Waals surface area contributed by atoms with E-state index in [2.05, 4.69) is 5.10 Å². The molecule has 0 saturated carbocycles. The van der Waals surface area contributed by atoms with Crippen LogP contribution < -0.4 is 4.74 Å². The molecule has 0 bridgehead atoms. The van der Waals surface area contributed by atoms with E-state index in [0.717, 1.165) is 24.9 Å². The van der Waals surface area contributed by atoms with Crippen LogP contribution >= 0.6 is 0 Å². The van der Waals surface area contributed by atoms with E-state index < -0.39 is 0 Å². The van der Waals surface area contributed by atoms with Crippen LogP contribution in [0.3, 0.4) is 0 Å². The van der Waals surface area contributed by atoms with Gasteiger partial charge in [0.2, 0.25) is 0 Å². The summed E-state index contributed by atoms with van der Waals surface area (Å²) in [5.41, 5.74) is 1.20. The van der Waals surface area contributed by atoms with Gasteiger partial charge in [0.25, 0.3) is 5.91 Å². The number of amides is 1. The van der Waals surface area contributed by atoms with Crippen molar-refractivity contribution in [2.75, 3.05) is 26.9 Å². The number of methoxy groups -OCH3 is 1. The average Bonchev–Trinajstić information content (AvgIpc) is 3.38. The molecule has 3 heterocycles. The zero-order chi connectivity index (χ0) is 17.9. The van der Waals surface area contributed by atoms with Crippen molar-refractivity contribution in [1.82, 2.24) is 14.7 Å². The fourth-order valence-electron chi connectivity index (χ4n) is 3.60. The van der Waals surface area contributed by atoms with E-state index in [9.17, 15) is 4.79 Å². The van der Waals surface area contributed by atoms with Crippen molar-refractivity contribution in [2.24, 2.45) is 0 Å². The van der Waals surface area contributed by atoms with Crippen molar-refractivity contribution in [3.63, 3.8) is 0 Å². The lowest BCUT2D eigenvalue weighted by Gasteiger charge is -2.37. The molecule has 2 aliphatic heterocycles. The number of piperidine rings is 1. The topological polar surface area (TPSA) is 65.8 Å². The van der Waals surface area contributed by atoms with E-state index in [1.165, 1.54) is 0 Å². The van der Waals surface area contributed by atoms with Crippen LogP contribution in [-0.2, 0) is 9.47 Å². The standard InChI is InChI=1S/C19H23N3O4/c1-24-16-13-22(14-7-3-2-4-8-14)20-17(16)18(23)21-10-6-5-9-15(21)19-25-11-12-26-19/h2-4,7-8,13,15,19H,5-6,9-12H2,1H3. The van der Waals surface area contributed by atoms with Crippen molar-refractivity contribution in [1.29, 1.82) is 0 Å². The molecule has 2 fully saturated rings. The predicted molar refractivity (Wildman–Crippen MR) is 94.5 cm³/mol. The first-order valence-corrected chi connectivity index (χ1v) is 9.01. The van der Waals surface area contributed by atoms with Crippen LogP contribution in [0.4, 0.5) is 0 Å². The third kappa shape index (κ3) is 3.20. The highest BCUT2D eigenvalue weighted by molar-refractivity contribution is 5.95. The molecule has 0 spiro atoms. The van der Waals surface area contributed by atoms with Crippen molar-refractivity contribution < 1.29 is 19.0 Å². The maximum Gasteiger partial charge on any atom is 0.278 e. The number of ether oxygens (including phenoxy) is 3. The van der Waals surface area contributed by atoms with Crippen LogP contribution in [0.15, 0.2) is 36.5 Å². The van der Waals surface area contributed by atoms with Crippen LogP contribution in [-0.4, -0.2) is 59.8 Å². The third-order valence-electron chi connectivity index (χ3n) is 4.90. The highest BCUT2D eigenvalue weighted by Gasteiger charge is 2.38. The molecule has 1 aromatic heterocycles. The first-order valence-electron chi connectivity index (χ1n) is 9.01. The molecule has 4 rings (SSSR count). The van der Waals surface area contributed by atoms with Crippen LogP contribution in [0, 0.1) is 0 Å². The second-order valence-electron chi connectivity index (χ2n) is 6.50. The molecule has 2 aromatic rings. The van der Waals surface area contributed by atoms with E-state index in [1.807, 2.05) is 35.2 Å². The molecule has 1 aromatic carbocycles. The summed E-state index contributed by atoms with van der Waals surface area (Å²) in [7, 11) is 1.56. The van der Waals surface area contributed by atoms with Crippen molar-refractivity contribution in [3.05, 3.63) is 42.2 Å². The number of benzene rings is 1. The van der Waals surface area contributed by atoms with E-state index in [4.69, 9.17) is 14.2 Å². The van der Waals surface area contributed by atoms with E-state index in [1.54, 1.807) is 18.0 Å². The smallest absolute Gasteiger partial charge is 0.278 e. The zero-order valence-electron chi connectivity index (χ0n) is 14.8. The molecule has 1 atom stereocenters. The molecule has 0 aliphatic carbocycles. The number of hydrogen-bond acceptors (Lipinski definition) is 5. The van der Waals surface area contributed by atoms with E-state index in [-0.39, 0.29) is 18.2 Å². The van der Waals surface area contributed by atoms with E-state index in [0.29, 0.717) is 31.2 Å². The van der Waals surface area contributed by atoms with Crippen molar-refractivity contribution in [3.8, 4) is 11.4 Å². The number of aromatic nitrogens is 2. The highest BCUT2D eigenvalue weighted by Crippen LogP contribution is 2.28. The molecule has 7 nitrogen and oxygen atoms in total. The van der Waals surface area contributed by atoms with Gasteiger partial charge in [-0.2, -0.15) is 5.10 Å². The number of nitrogens with zero attached hydrogens (tertiary/aromatic N) is 3. The molecule has 7 heteroatoms. The summed E-state index contributed by atoms with van der Waals surface area (Å²) < 4.78 is 18.4. The van der Waals surface area contributed by atoms with Gasteiger partial charge in [0.15, 0.2) is 17.7 Å². The van der Waals surface area contributed by atoms with Gasteiger partial charge in [-0.3, -0.25) is 4.79 Å². The third-order valence-corrected chi connectivity index (χ3v) is 4.90. The summed E-state index contributed by atoms with van der Waals surface area (Å²) in [6.45, 7) is 1.83. The Labute approximate surface area is 152 Å². The monoisotopic (exact) mass is 357 g/mol. The lowest BCUT2D eigenvalue weighted by Crippen LogP contribution is -2.50. The first kappa shape index (κ1) is 17.1. The normalized spacial score (nSPS) is 21.1. The summed E-state index contributed by atoms with van der Waals surface area (Å²) in [6.07, 6.45) is 4.30. The van der Waals surface area contributed by atoms with Crippen LogP contribution in [0.5, 0.6) is 5.75 Å². The molecule has 2 aliphatic rings. The molecule has 2 saturated heterocycles. The maximum absolute atomic E-state index is 13.3. The molecule has 0 radical (unpaired) electrons. The molecule has 0 N–H and O–H groups in total. The van der Waals surface area contributed by atoms with Gasteiger partial charge in [-0.05, 0) is 31.4 Å². The molecule has 1 amide bonds. The average molecular weight is 357 g/mol. The number of para-hydroxylation sites is 1. The Balaban J connectivity index is 1.63. The number of rotatable bonds is 4. The van der Waals surface area contributed by atoms with Gasteiger partial charge in [-0.25, -0.2) is 4.68 Å². The summed E-state index contributed by atoms with van der Waals surface area (Å²) in [5, 5.41) is 4.51. The van der Waals surface area contributed by atoms with Gasteiger partial charge in [0, 0.05) is 6.54 Å². The minimum atomic E-state index is -0.346. The maximum atomic E-state index is 13.3. The SMILES string of the molecule is COc1cn(-c2ccccc2)nc1C(=O)N1CCCCC1C1OCCO1. The molecule has 138 valence electrons. The Hall–Kier alpha value is -2.38. The summed E-state index contributed by atoms with van der Waals surface area (Å²) in [4.78, 5) is 15.1. The lowest BCUT2D eigenvalue weighted by atomic mass is 10.0. The van der Waals surface area contributed by atoms with Gasteiger partial charge in [0.1, 0.15) is 0 Å². The summed E-state index contributed by atoms with van der Waals surface area (Å²) >= 11 is 0. The molecular formula is C19H23N3O4. The predicted octanol–water partition coefficient (Wildman–Crippen LogP) is 2.25. The number of carbonyl (C=O) groups is 1. The first-order chi connectivity index (χ1) is 12.8.